The highest BCUT2D eigenvalue weighted by atomic mass is 32.1. The molecule has 2 aliphatic heterocycles. The minimum atomic E-state index is -0.446. The normalized spacial score (nSPS) is 29.6. The first-order chi connectivity index (χ1) is 8.04. The second kappa shape index (κ2) is 4.70. The van der Waals surface area contributed by atoms with Crippen molar-refractivity contribution < 1.29 is 14.3 Å². The number of fused-ring (bicyclic) bond motifs is 2. The molecule has 17 heavy (non-hydrogen) atoms. The van der Waals surface area contributed by atoms with E-state index < -0.39 is 12.2 Å². The van der Waals surface area contributed by atoms with E-state index in [1.54, 1.807) is 0 Å². The highest BCUT2D eigenvalue weighted by molar-refractivity contribution is 7.80. The number of thiocarbonyl (C=S) groups is 1. The van der Waals surface area contributed by atoms with Gasteiger partial charge in [-0.2, -0.15) is 0 Å². The lowest BCUT2D eigenvalue weighted by Crippen LogP contribution is -2.56. The van der Waals surface area contributed by atoms with E-state index in [1.165, 1.54) is 4.90 Å². The van der Waals surface area contributed by atoms with Crippen LogP contribution in [-0.2, 0) is 14.3 Å². The molecular weight excluding hydrogens is 240 g/mol. The maximum Gasteiger partial charge on any atom is 0.258 e. The zero-order valence-corrected chi connectivity index (χ0v) is 10.5. The van der Waals surface area contributed by atoms with Crippen LogP contribution in [0.15, 0.2) is 0 Å². The van der Waals surface area contributed by atoms with Gasteiger partial charge in [0, 0.05) is 12.5 Å². The summed E-state index contributed by atoms with van der Waals surface area (Å²) in [6.45, 7) is 1.92. The SMILES string of the molecule is CCC(CC(N)=S)N1C(=O)C2CCC(O2)C1=O. The lowest BCUT2D eigenvalue weighted by Gasteiger charge is -2.35. The van der Waals surface area contributed by atoms with Gasteiger partial charge in [0.1, 0.15) is 12.2 Å². The Hall–Kier alpha value is -1.01. The van der Waals surface area contributed by atoms with Crippen molar-refractivity contribution in [3.05, 3.63) is 0 Å². The largest absolute Gasteiger partial charge is 0.393 e. The molecule has 3 atom stereocenters. The zero-order chi connectivity index (χ0) is 12.6. The Balaban J connectivity index is 2.20. The minimum Gasteiger partial charge on any atom is -0.393 e. The molecule has 2 saturated heterocycles. The van der Waals surface area contributed by atoms with Crippen molar-refractivity contribution in [1.29, 1.82) is 0 Å². The standard InChI is InChI=1S/C11H16N2O3S/c1-2-6(5-9(12)17)13-10(14)7-3-4-8(16-7)11(13)15/h6-8H,2-5H2,1H3,(H2,12,17). The molecule has 0 aromatic rings. The summed E-state index contributed by atoms with van der Waals surface area (Å²) < 4.78 is 5.35. The van der Waals surface area contributed by atoms with Gasteiger partial charge in [-0.05, 0) is 19.3 Å². The molecule has 6 heteroatoms. The molecule has 2 amide bonds. The van der Waals surface area contributed by atoms with Crippen LogP contribution in [0.2, 0.25) is 0 Å². The van der Waals surface area contributed by atoms with Gasteiger partial charge in [0.2, 0.25) is 0 Å². The fraction of sp³-hybridized carbons (Fsp3) is 0.727. The number of hydrogen-bond acceptors (Lipinski definition) is 4. The van der Waals surface area contributed by atoms with Gasteiger partial charge in [-0.25, -0.2) is 0 Å². The van der Waals surface area contributed by atoms with E-state index >= 15 is 0 Å². The number of morpholine rings is 1. The third-order valence-electron chi connectivity index (χ3n) is 3.32. The fourth-order valence-electron chi connectivity index (χ4n) is 2.43. The molecule has 0 saturated carbocycles. The van der Waals surface area contributed by atoms with Crippen molar-refractivity contribution in [2.24, 2.45) is 5.73 Å². The van der Waals surface area contributed by atoms with Crippen LogP contribution >= 0.6 is 12.2 Å². The van der Waals surface area contributed by atoms with Gasteiger partial charge in [0.25, 0.3) is 11.8 Å². The summed E-state index contributed by atoms with van der Waals surface area (Å²) in [6, 6.07) is -0.223. The Bertz CT molecular complexity index is 350. The van der Waals surface area contributed by atoms with Gasteiger partial charge < -0.3 is 10.5 Å². The van der Waals surface area contributed by atoms with E-state index in [0.29, 0.717) is 30.7 Å². The summed E-state index contributed by atoms with van der Waals surface area (Å²) in [5.74, 6) is -0.460. The molecule has 3 unspecified atom stereocenters. The van der Waals surface area contributed by atoms with E-state index in [1.807, 2.05) is 6.92 Å². The summed E-state index contributed by atoms with van der Waals surface area (Å²) in [4.78, 5) is 25.8. The number of carbonyl (C=O) groups is 2. The second-order valence-corrected chi connectivity index (χ2v) is 4.99. The molecule has 2 fully saturated rings. The lowest BCUT2D eigenvalue weighted by atomic mass is 10.1. The third kappa shape index (κ3) is 2.19. The first-order valence-electron chi connectivity index (χ1n) is 5.85. The van der Waals surface area contributed by atoms with Crippen LogP contribution in [0, 0.1) is 0 Å². The second-order valence-electron chi connectivity index (χ2n) is 4.47. The fourth-order valence-corrected chi connectivity index (χ4v) is 2.62. The van der Waals surface area contributed by atoms with Crippen molar-refractivity contribution in [3.8, 4) is 0 Å². The molecular formula is C11H16N2O3S. The number of rotatable bonds is 4. The van der Waals surface area contributed by atoms with Gasteiger partial charge in [0.15, 0.2) is 0 Å². The molecule has 2 bridgehead atoms. The smallest absolute Gasteiger partial charge is 0.258 e. The van der Waals surface area contributed by atoms with E-state index in [0.717, 1.165) is 0 Å². The van der Waals surface area contributed by atoms with Gasteiger partial charge in [0.05, 0.1) is 4.99 Å². The third-order valence-corrected chi connectivity index (χ3v) is 3.49. The van der Waals surface area contributed by atoms with Crippen LogP contribution in [0.4, 0.5) is 0 Å². The number of nitrogens with two attached hydrogens (primary N) is 1. The minimum absolute atomic E-state index is 0.223. The van der Waals surface area contributed by atoms with Gasteiger partial charge in [-0.15, -0.1) is 0 Å². The summed E-state index contributed by atoms with van der Waals surface area (Å²) in [7, 11) is 0. The Morgan fingerprint density at radius 3 is 2.41 bits per heavy atom. The molecule has 2 aliphatic rings. The number of carbonyl (C=O) groups excluding carboxylic acids is 2. The maximum absolute atomic E-state index is 12.1. The summed E-state index contributed by atoms with van der Waals surface area (Å²) in [5.41, 5.74) is 5.50. The Labute approximate surface area is 105 Å². The number of nitrogens with zero attached hydrogens (tertiary/aromatic N) is 1. The monoisotopic (exact) mass is 256 g/mol. The predicted molar refractivity (Wildman–Crippen MR) is 65.2 cm³/mol. The van der Waals surface area contributed by atoms with Crippen LogP contribution in [0.25, 0.3) is 0 Å². The number of ether oxygens (including phenoxy) is 1. The number of amides is 2. The summed E-state index contributed by atoms with van der Waals surface area (Å²) >= 11 is 4.86. The predicted octanol–water partition coefficient (Wildman–Crippen LogP) is 0.358. The topological polar surface area (TPSA) is 72.6 Å². The molecule has 2 N–H and O–H groups in total. The Kier molecular flexibility index (Phi) is 3.44. The maximum atomic E-state index is 12.1. The van der Waals surface area contributed by atoms with E-state index in [4.69, 9.17) is 22.7 Å². The molecule has 5 nitrogen and oxygen atoms in total. The van der Waals surface area contributed by atoms with Gasteiger partial charge >= 0.3 is 0 Å². The van der Waals surface area contributed by atoms with Crippen molar-refractivity contribution in [3.63, 3.8) is 0 Å². The van der Waals surface area contributed by atoms with Crippen LogP contribution < -0.4 is 5.73 Å². The summed E-state index contributed by atoms with van der Waals surface area (Å²) in [6.07, 6.45) is 1.43. The Morgan fingerprint density at radius 1 is 1.47 bits per heavy atom. The average Bonchev–Trinajstić information content (AvgIpc) is 2.71. The first-order valence-corrected chi connectivity index (χ1v) is 6.26. The molecule has 2 rings (SSSR count). The molecule has 0 spiro atoms. The van der Waals surface area contributed by atoms with E-state index in [2.05, 4.69) is 0 Å². The van der Waals surface area contributed by atoms with Crippen LogP contribution in [-0.4, -0.2) is 40.0 Å². The van der Waals surface area contributed by atoms with Gasteiger partial charge in [-0.3, -0.25) is 14.5 Å². The van der Waals surface area contributed by atoms with Crippen molar-refractivity contribution >= 4 is 29.0 Å². The number of imide groups is 1. The molecule has 0 aliphatic carbocycles. The zero-order valence-electron chi connectivity index (χ0n) is 9.72. The van der Waals surface area contributed by atoms with Crippen LogP contribution in [0.1, 0.15) is 32.6 Å². The molecule has 2 heterocycles. The molecule has 0 aromatic heterocycles. The molecule has 0 radical (unpaired) electrons. The van der Waals surface area contributed by atoms with Crippen molar-refractivity contribution in [1.82, 2.24) is 4.90 Å². The summed E-state index contributed by atoms with van der Waals surface area (Å²) in [5, 5.41) is 0. The van der Waals surface area contributed by atoms with Crippen LogP contribution in [0.5, 0.6) is 0 Å². The molecule has 94 valence electrons. The van der Waals surface area contributed by atoms with Gasteiger partial charge in [-0.1, -0.05) is 19.1 Å². The van der Waals surface area contributed by atoms with Crippen molar-refractivity contribution in [2.75, 3.05) is 0 Å². The average molecular weight is 256 g/mol. The van der Waals surface area contributed by atoms with Crippen molar-refractivity contribution in [2.45, 2.75) is 50.9 Å². The number of hydrogen-bond donors (Lipinski definition) is 1. The number of likely N-dealkylation sites (tertiary alicyclic amines) is 1. The Morgan fingerprint density at radius 2 is 2.00 bits per heavy atom. The molecule has 0 aromatic carbocycles. The van der Waals surface area contributed by atoms with Crippen LogP contribution in [0.3, 0.4) is 0 Å². The quantitative estimate of drug-likeness (QED) is 0.580. The highest BCUT2D eigenvalue weighted by Crippen LogP contribution is 2.30. The first kappa shape index (κ1) is 12.4. The van der Waals surface area contributed by atoms with E-state index in [-0.39, 0.29) is 17.9 Å². The van der Waals surface area contributed by atoms with E-state index in [9.17, 15) is 9.59 Å². The highest BCUT2D eigenvalue weighted by Gasteiger charge is 2.48. The lowest BCUT2D eigenvalue weighted by molar-refractivity contribution is -0.171.